The van der Waals surface area contributed by atoms with Crippen LogP contribution in [0, 0.1) is 0 Å². The molecule has 9 nitrogen and oxygen atoms in total. The van der Waals surface area contributed by atoms with Gasteiger partial charge in [-0.15, -0.1) is 13.6 Å². The minimum atomic E-state index is -1.91. The molecule has 0 radical (unpaired) electrons. The summed E-state index contributed by atoms with van der Waals surface area (Å²) in [6.45, 7) is 4.72. The standard InChI is InChI=1S/C30H39N3O6P3/c34-40(37-22-28-10-4-1-5-11-28)25-31-16-18-32(26-41(35)38-23-29-12-6-2-7-13-29)20-21-33(19-17-31)27-42(36)39-24-30-14-8-3-9-15-30/h1-15H,16-27H2/q+3. The summed E-state index contributed by atoms with van der Waals surface area (Å²) >= 11 is 0. The zero-order valence-corrected chi connectivity index (χ0v) is 26.5. The first-order valence-corrected chi connectivity index (χ1v) is 18.1. The Bertz CT molecular complexity index is 1090. The van der Waals surface area contributed by atoms with Crippen LogP contribution in [0.1, 0.15) is 16.7 Å². The molecule has 1 aliphatic heterocycles. The van der Waals surface area contributed by atoms with Gasteiger partial charge in [0.25, 0.3) is 0 Å². The van der Waals surface area contributed by atoms with Gasteiger partial charge in [0.15, 0.2) is 0 Å². The summed E-state index contributed by atoms with van der Waals surface area (Å²) in [6.07, 6.45) is 0.866. The SMILES string of the molecule is O=[P+](CN1CCN(C[P+](=O)OCc2ccccc2)CCN(C[P+](=O)OCc2ccccc2)CC1)OCc1ccccc1. The van der Waals surface area contributed by atoms with Crippen LogP contribution in [0.4, 0.5) is 0 Å². The van der Waals surface area contributed by atoms with Crippen molar-refractivity contribution in [3.8, 4) is 0 Å². The Morgan fingerprint density at radius 3 is 0.905 bits per heavy atom. The van der Waals surface area contributed by atoms with Gasteiger partial charge in [-0.2, -0.15) is 0 Å². The summed E-state index contributed by atoms with van der Waals surface area (Å²) < 4.78 is 55.6. The molecule has 3 unspecified atom stereocenters. The number of hydrogen-bond acceptors (Lipinski definition) is 9. The fourth-order valence-electron chi connectivity index (χ4n) is 4.38. The zero-order chi connectivity index (χ0) is 29.4. The molecule has 4 rings (SSSR count). The third-order valence-corrected chi connectivity index (χ3v) is 9.94. The Morgan fingerprint density at radius 1 is 0.429 bits per heavy atom. The molecule has 3 atom stereocenters. The molecule has 1 aliphatic rings. The number of nitrogens with zero attached hydrogens (tertiary/aromatic N) is 3. The van der Waals surface area contributed by atoms with E-state index in [-0.39, 0.29) is 18.9 Å². The molecule has 42 heavy (non-hydrogen) atoms. The Balaban J connectivity index is 1.32. The molecule has 1 heterocycles. The van der Waals surface area contributed by atoms with Gasteiger partial charge in [0.1, 0.15) is 19.8 Å². The Morgan fingerprint density at radius 2 is 0.667 bits per heavy atom. The van der Waals surface area contributed by atoms with Crippen molar-refractivity contribution in [2.45, 2.75) is 19.8 Å². The van der Waals surface area contributed by atoms with Crippen molar-refractivity contribution in [1.29, 1.82) is 0 Å². The molecule has 3 aromatic carbocycles. The van der Waals surface area contributed by atoms with Gasteiger partial charge in [-0.3, -0.25) is 14.7 Å². The van der Waals surface area contributed by atoms with Crippen LogP contribution in [-0.2, 0) is 47.1 Å². The van der Waals surface area contributed by atoms with E-state index in [9.17, 15) is 13.7 Å². The van der Waals surface area contributed by atoms with Gasteiger partial charge in [0, 0.05) is 39.3 Å². The lowest BCUT2D eigenvalue weighted by Gasteiger charge is -2.19. The van der Waals surface area contributed by atoms with Gasteiger partial charge in [0.05, 0.1) is 0 Å². The Labute approximate surface area is 251 Å². The van der Waals surface area contributed by atoms with Crippen molar-refractivity contribution in [3.05, 3.63) is 108 Å². The van der Waals surface area contributed by atoms with E-state index in [1.54, 1.807) is 0 Å². The molecule has 0 aromatic heterocycles. The third kappa shape index (κ3) is 12.5. The molecule has 3 aromatic rings. The Kier molecular flexibility index (Phi) is 14.3. The topological polar surface area (TPSA) is 88.6 Å². The maximum atomic E-state index is 12.9. The predicted octanol–water partition coefficient (Wildman–Crippen LogP) is 6.66. The molecule has 0 spiro atoms. The van der Waals surface area contributed by atoms with Crippen LogP contribution < -0.4 is 0 Å². The van der Waals surface area contributed by atoms with E-state index in [4.69, 9.17) is 13.6 Å². The van der Waals surface area contributed by atoms with Gasteiger partial charge >= 0.3 is 24.1 Å². The van der Waals surface area contributed by atoms with E-state index in [0.29, 0.717) is 59.1 Å². The van der Waals surface area contributed by atoms with Crippen LogP contribution in [0.2, 0.25) is 0 Å². The van der Waals surface area contributed by atoms with Crippen LogP contribution >= 0.6 is 24.1 Å². The summed E-state index contributed by atoms with van der Waals surface area (Å²) in [4.78, 5) is 6.31. The van der Waals surface area contributed by atoms with E-state index in [2.05, 4.69) is 14.7 Å². The van der Waals surface area contributed by atoms with Crippen LogP contribution in [0.15, 0.2) is 91.0 Å². The average Bonchev–Trinajstić information content (AvgIpc) is 3.11. The van der Waals surface area contributed by atoms with Gasteiger partial charge in [-0.1, -0.05) is 91.0 Å². The normalized spacial score (nSPS) is 16.7. The molecule has 0 N–H and O–H groups in total. The molecular formula is C30H39N3O6P3+3. The number of benzene rings is 3. The first-order valence-electron chi connectivity index (χ1n) is 14.0. The first-order chi connectivity index (χ1) is 20.5. The number of rotatable bonds is 15. The first kappa shape index (κ1) is 32.6. The lowest BCUT2D eigenvalue weighted by Crippen LogP contribution is -2.35. The van der Waals surface area contributed by atoms with E-state index in [1.807, 2.05) is 91.0 Å². The van der Waals surface area contributed by atoms with Crippen molar-refractivity contribution in [2.24, 2.45) is 0 Å². The van der Waals surface area contributed by atoms with Gasteiger partial charge < -0.3 is 0 Å². The maximum absolute atomic E-state index is 12.9. The average molecular weight is 631 g/mol. The van der Waals surface area contributed by atoms with Crippen molar-refractivity contribution < 1.29 is 27.3 Å². The van der Waals surface area contributed by atoms with E-state index < -0.39 is 24.1 Å². The highest BCUT2D eigenvalue weighted by molar-refractivity contribution is 7.39. The monoisotopic (exact) mass is 630 g/mol. The van der Waals surface area contributed by atoms with E-state index in [0.717, 1.165) is 16.7 Å². The second-order valence-electron chi connectivity index (χ2n) is 10.1. The second-order valence-corrected chi connectivity index (χ2v) is 13.7. The van der Waals surface area contributed by atoms with Gasteiger partial charge in [-0.05, 0) is 30.4 Å². The molecule has 12 heteroatoms. The lowest BCUT2D eigenvalue weighted by atomic mass is 10.2. The van der Waals surface area contributed by atoms with E-state index in [1.165, 1.54) is 0 Å². The molecule has 1 saturated heterocycles. The molecule has 0 aliphatic carbocycles. The zero-order valence-electron chi connectivity index (χ0n) is 23.8. The molecule has 0 bridgehead atoms. The highest BCUT2D eigenvalue weighted by atomic mass is 31.1. The molecular weight excluding hydrogens is 591 g/mol. The molecule has 0 amide bonds. The Hall–Kier alpha value is -2.28. The fraction of sp³-hybridized carbons (Fsp3) is 0.400. The smallest absolute Gasteiger partial charge is 0.257 e. The summed E-state index contributed by atoms with van der Waals surface area (Å²) in [5.41, 5.74) is 2.92. The van der Waals surface area contributed by atoms with Crippen LogP contribution in [0.25, 0.3) is 0 Å². The summed E-state index contributed by atoms with van der Waals surface area (Å²) in [7, 11) is -5.72. The fourth-order valence-corrected chi connectivity index (χ4v) is 7.34. The highest BCUT2D eigenvalue weighted by Crippen LogP contribution is 2.29. The van der Waals surface area contributed by atoms with Crippen LogP contribution in [-0.4, -0.2) is 72.8 Å². The largest absolute Gasteiger partial charge is 0.524 e. The maximum Gasteiger partial charge on any atom is 0.524 e. The summed E-state index contributed by atoms with van der Waals surface area (Å²) in [5, 5.41) is 0. The van der Waals surface area contributed by atoms with Gasteiger partial charge in [-0.25, -0.2) is 0 Å². The lowest BCUT2D eigenvalue weighted by molar-refractivity contribution is 0.236. The van der Waals surface area contributed by atoms with Crippen molar-refractivity contribution in [2.75, 3.05) is 58.1 Å². The summed E-state index contributed by atoms with van der Waals surface area (Å²) in [5.74, 6) is 0. The molecule has 1 fully saturated rings. The highest BCUT2D eigenvalue weighted by Gasteiger charge is 2.31. The quantitative estimate of drug-likeness (QED) is 0.171. The van der Waals surface area contributed by atoms with Crippen molar-refractivity contribution in [1.82, 2.24) is 14.7 Å². The minimum absolute atomic E-state index is 0.289. The minimum Gasteiger partial charge on any atom is -0.257 e. The van der Waals surface area contributed by atoms with Crippen LogP contribution in [0.3, 0.4) is 0 Å². The predicted molar refractivity (Wildman–Crippen MR) is 166 cm³/mol. The third-order valence-electron chi connectivity index (χ3n) is 6.80. The van der Waals surface area contributed by atoms with Crippen molar-refractivity contribution >= 4 is 24.1 Å². The summed E-state index contributed by atoms with van der Waals surface area (Å²) in [6, 6.07) is 29.1. The van der Waals surface area contributed by atoms with Crippen LogP contribution in [0.5, 0.6) is 0 Å². The molecule has 222 valence electrons. The van der Waals surface area contributed by atoms with Crippen molar-refractivity contribution in [3.63, 3.8) is 0 Å². The second kappa shape index (κ2) is 18.4. The molecule has 0 saturated carbocycles. The van der Waals surface area contributed by atoms with E-state index >= 15 is 0 Å². The van der Waals surface area contributed by atoms with Gasteiger partial charge in [0.2, 0.25) is 18.9 Å². The number of hydrogen-bond donors (Lipinski definition) is 0.